The number of pyridine rings is 1. The highest BCUT2D eigenvalue weighted by molar-refractivity contribution is 5.92. The van der Waals surface area contributed by atoms with E-state index in [9.17, 15) is 4.79 Å². The maximum atomic E-state index is 12.1. The highest BCUT2D eigenvalue weighted by atomic mass is 16.2. The molecule has 1 aromatic heterocycles. The number of piperazine rings is 1. The molecule has 4 nitrogen and oxygen atoms in total. The van der Waals surface area contributed by atoms with Crippen molar-refractivity contribution < 1.29 is 4.79 Å². The molecular weight excluding hydrogens is 214 g/mol. The van der Waals surface area contributed by atoms with Crippen molar-refractivity contribution in [3.8, 4) is 0 Å². The van der Waals surface area contributed by atoms with Gasteiger partial charge in [0.25, 0.3) is 5.91 Å². The molecule has 0 aliphatic carbocycles. The lowest BCUT2D eigenvalue weighted by Crippen LogP contribution is -2.46. The number of aromatic nitrogens is 1. The maximum absolute atomic E-state index is 12.1. The van der Waals surface area contributed by atoms with Gasteiger partial charge in [0.15, 0.2) is 0 Å². The predicted octanol–water partition coefficient (Wildman–Crippen LogP) is 1.25. The first kappa shape index (κ1) is 12.0. The second-order valence-electron chi connectivity index (χ2n) is 4.67. The fourth-order valence-electron chi connectivity index (χ4n) is 1.90. The Morgan fingerprint density at radius 1 is 1.35 bits per heavy atom. The molecule has 1 aliphatic heterocycles. The number of amides is 1. The summed E-state index contributed by atoms with van der Waals surface area (Å²) in [6.45, 7) is 7.52. The first-order valence-corrected chi connectivity index (χ1v) is 6.14. The Bertz CT molecular complexity index is 380. The number of carbonyl (C=O) groups excluding carboxylic acids is 1. The predicted molar refractivity (Wildman–Crippen MR) is 67.1 cm³/mol. The Morgan fingerprint density at radius 2 is 2.06 bits per heavy atom. The van der Waals surface area contributed by atoms with Gasteiger partial charge in [-0.15, -0.1) is 0 Å². The maximum Gasteiger partial charge on any atom is 0.272 e. The van der Waals surface area contributed by atoms with Crippen LogP contribution < -0.4 is 5.32 Å². The van der Waals surface area contributed by atoms with Gasteiger partial charge in [-0.1, -0.05) is 19.9 Å². The highest BCUT2D eigenvalue weighted by Crippen LogP contribution is 2.13. The van der Waals surface area contributed by atoms with E-state index in [4.69, 9.17) is 0 Å². The molecule has 0 bridgehead atoms. The van der Waals surface area contributed by atoms with Gasteiger partial charge >= 0.3 is 0 Å². The van der Waals surface area contributed by atoms with Crippen LogP contribution in [0.15, 0.2) is 18.3 Å². The van der Waals surface area contributed by atoms with Crippen LogP contribution in [0, 0.1) is 0 Å². The molecule has 1 fully saturated rings. The Hall–Kier alpha value is -1.42. The monoisotopic (exact) mass is 233 g/mol. The summed E-state index contributed by atoms with van der Waals surface area (Å²) in [6.07, 6.45) is 1.81. The zero-order chi connectivity index (χ0) is 12.3. The van der Waals surface area contributed by atoms with Crippen molar-refractivity contribution in [1.82, 2.24) is 15.2 Å². The molecule has 0 aromatic carbocycles. The molecule has 1 amide bonds. The Kier molecular flexibility index (Phi) is 3.74. The topological polar surface area (TPSA) is 45.2 Å². The zero-order valence-corrected chi connectivity index (χ0v) is 10.4. The van der Waals surface area contributed by atoms with Crippen LogP contribution in [0.3, 0.4) is 0 Å². The number of hydrogen-bond acceptors (Lipinski definition) is 3. The second-order valence-corrected chi connectivity index (χ2v) is 4.67. The molecule has 0 unspecified atom stereocenters. The van der Waals surface area contributed by atoms with Gasteiger partial charge in [0, 0.05) is 32.4 Å². The molecule has 1 aliphatic rings. The van der Waals surface area contributed by atoms with Crippen LogP contribution >= 0.6 is 0 Å². The van der Waals surface area contributed by atoms with Crippen LogP contribution in [-0.2, 0) is 0 Å². The van der Waals surface area contributed by atoms with Gasteiger partial charge in [-0.05, 0) is 17.5 Å². The van der Waals surface area contributed by atoms with Gasteiger partial charge in [0.05, 0.1) is 0 Å². The van der Waals surface area contributed by atoms with Crippen LogP contribution in [-0.4, -0.2) is 42.0 Å². The van der Waals surface area contributed by atoms with Gasteiger partial charge < -0.3 is 10.2 Å². The highest BCUT2D eigenvalue weighted by Gasteiger charge is 2.18. The van der Waals surface area contributed by atoms with E-state index < -0.39 is 0 Å². The third kappa shape index (κ3) is 2.82. The summed E-state index contributed by atoms with van der Waals surface area (Å²) in [5.74, 6) is 0.493. The minimum absolute atomic E-state index is 0.0433. The summed E-state index contributed by atoms with van der Waals surface area (Å²) in [5, 5.41) is 3.23. The summed E-state index contributed by atoms with van der Waals surface area (Å²) in [5.41, 5.74) is 1.72. The molecule has 2 heterocycles. The third-order valence-electron chi connectivity index (χ3n) is 3.08. The van der Waals surface area contributed by atoms with Gasteiger partial charge in [0.1, 0.15) is 5.69 Å². The van der Waals surface area contributed by atoms with Crippen molar-refractivity contribution in [2.24, 2.45) is 0 Å². The van der Waals surface area contributed by atoms with Crippen LogP contribution in [0.4, 0.5) is 0 Å². The summed E-state index contributed by atoms with van der Waals surface area (Å²) >= 11 is 0. The molecule has 0 spiro atoms. The van der Waals surface area contributed by atoms with Crippen LogP contribution in [0.25, 0.3) is 0 Å². The van der Waals surface area contributed by atoms with Gasteiger partial charge in [-0.2, -0.15) is 0 Å². The first-order valence-electron chi connectivity index (χ1n) is 6.14. The molecule has 1 saturated heterocycles. The van der Waals surface area contributed by atoms with Crippen molar-refractivity contribution in [2.75, 3.05) is 26.2 Å². The SMILES string of the molecule is CC(C)c1ccc(C(=O)N2CCNCC2)nc1. The van der Waals surface area contributed by atoms with E-state index >= 15 is 0 Å². The standard InChI is InChI=1S/C13H19N3O/c1-10(2)11-3-4-12(15-9-11)13(17)16-7-5-14-6-8-16/h3-4,9-10,14H,5-8H2,1-2H3. The van der Waals surface area contributed by atoms with Crippen molar-refractivity contribution >= 4 is 5.91 Å². The molecule has 0 radical (unpaired) electrons. The van der Waals surface area contributed by atoms with E-state index in [0.717, 1.165) is 26.2 Å². The van der Waals surface area contributed by atoms with E-state index in [0.29, 0.717) is 11.6 Å². The largest absolute Gasteiger partial charge is 0.335 e. The average Bonchev–Trinajstić information content (AvgIpc) is 2.39. The molecule has 0 atom stereocenters. The number of hydrogen-bond donors (Lipinski definition) is 1. The zero-order valence-electron chi connectivity index (χ0n) is 10.4. The van der Waals surface area contributed by atoms with E-state index in [1.165, 1.54) is 5.56 Å². The molecular formula is C13H19N3O. The molecule has 4 heteroatoms. The van der Waals surface area contributed by atoms with E-state index in [-0.39, 0.29) is 5.91 Å². The lowest BCUT2D eigenvalue weighted by Gasteiger charge is -2.27. The fourth-order valence-corrected chi connectivity index (χ4v) is 1.90. The summed E-state index contributed by atoms with van der Waals surface area (Å²) in [4.78, 5) is 18.2. The van der Waals surface area contributed by atoms with Gasteiger partial charge in [-0.3, -0.25) is 9.78 Å². The second kappa shape index (κ2) is 5.27. The van der Waals surface area contributed by atoms with E-state index in [2.05, 4.69) is 24.1 Å². The van der Waals surface area contributed by atoms with Gasteiger partial charge in [0.2, 0.25) is 0 Å². The quantitative estimate of drug-likeness (QED) is 0.836. The van der Waals surface area contributed by atoms with E-state index in [1.54, 1.807) is 6.20 Å². The van der Waals surface area contributed by atoms with Crippen LogP contribution in [0.2, 0.25) is 0 Å². The number of nitrogens with one attached hydrogen (secondary N) is 1. The minimum Gasteiger partial charge on any atom is -0.335 e. The third-order valence-corrected chi connectivity index (χ3v) is 3.08. The Balaban J connectivity index is 2.08. The lowest BCUT2D eigenvalue weighted by atomic mass is 10.1. The van der Waals surface area contributed by atoms with Crippen molar-refractivity contribution in [1.29, 1.82) is 0 Å². The number of carbonyl (C=O) groups is 1. The van der Waals surface area contributed by atoms with Gasteiger partial charge in [-0.25, -0.2) is 0 Å². The van der Waals surface area contributed by atoms with Crippen molar-refractivity contribution in [2.45, 2.75) is 19.8 Å². The van der Waals surface area contributed by atoms with Crippen molar-refractivity contribution in [3.63, 3.8) is 0 Å². The normalized spacial score (nSPS) is 16.3. The van der Waals surface area contributed by atoms with Crippen LogP contribution in [0.5, 0.6) is 0 Å². The van der Waals surface area contributed by atoms with E-state index in [1.807, 2.05) is 17.0 Å². The summed E-state index contributed by atoms with van der Waals surface area (Å²) in [7, 11) is 0. The number of rotatable bonds is 2. The summed E-state index contributed by atoms with van der Waals surface area (Å²) in [6, 6.07) is 3.83. The molecule has 1 N–H and O–H groups in total. The van der Waals surface area contributed by atoms with Crippen molar-refractivity contribution in [3.05, 3.63) is 29.6 Å². The average molecular weight is 233 g/mol. The molecule has 92 valence electrons. The molecule has 2 rings (SSSR count). The fraction of sp³-hybridized carbons (Fsp3) is 0.538. The lowest BCUT2D eigenvalue weighted by molar-refractivity contribution is 0.0730. The molecule has 0 saturated carbocycles. The smallest absolute Gasteiger partial charge is 0.272 e. The minimum atomic E-state index is 0.0433. The first-order chi connectivity index (χ1) is 8.18. The Morgan fingerprint density at radius 3 is 2.59 bits per heavy atom. The number of nitrogens with zero attached hydrogens (tertiary/aromatic N) is 2. The van der Waals surface area contributed by atoms with Crippen LogP contribution in [0.1, 0.15) is 35.8 Å². The molecule has 17 heavy (non-hydrogen) atoms. The summed E-state index contributed by atoms with van der Waals surface area (Å²) < 4.78 is 0. The molecule has 1 aromatic rings. The Labute approximate surface area is 102 Å².